The molecule has 1 heterocycles. The highest BCUT2D eigenvalue weighted by molar-refractivity contribution is 5.81. The Balaban J connectivity index is 2.42. The molecule has 0 aromatic carbocycles. The minimum absolute atomic E-state index is 0.342. The van der Waals surface area contributed by atoms with E-state index in [-0.39, 0.29) is 0 Å². The second-order valence-electron chi connectivity index (χ2n) is 3.00. The first kappa shape index (κ1) is 10.5. The van der Waals surface area contributed by atoms with Crippen LogP contribution in [0.25, 0.3) is 0 Å². The van der Waals surface area contributed by atoms with Crippen LogP contribution in [0.4, 0.5) is 0 Å². The lowest BCUT2D eigenvalue weighted by Gasteiger charge is -2.03. The van der Waals surface area contributed by atoms with Gasteiger partial charge in [-0.3, -0.25) is 0 Å². The molecule has 0 aliphatic rings. The quantitative estimate of drug-likeness (QED) is 0.530. The van der Waals surface area contributed by atoms with E-state index in [0.717, 1.165) is 17.6 Å². The van der Waals surface area contributed by atoms with Gasteiger partial charge in [0.05, 0.1) is 6.61 Å². The van der Waals surface area contributed by atoms with Crippen molar-refractivity contribution < 1.29 is 9.53 Å². The van der Waals surface area contributed by atoms with Crippen LogP contribution in [0.5, 0.6) is 0 Å². The van der Waals surface area contributed by atoms with Crippen molar-refractivity contribution in [2.45, 2.75) is 13.3 Å². The summed E-state index contributed by atoms with van der Waals surface area (Å²) in [6.07, 6.45) is 3.58. The Labute approximate surface area is 83.2 Å². The highest BCUT2D eigenvalue weighted by atomic mass is 16.5. The number of hydrogen-bond acceptors (Lipinski definition) is 3. The van der Waals surface area contributed by atoms with Gasteiger partial charge in [-0.2, -0.15) is 0 Å². The number of imidazole rings is 1. The van der Waals surface area contributed by atoms with E-state index in [1.807, 2.05) is 18.5 Å². The van der Waals surface area contributed by atoms with Crippen LogP contribution in [-0.4, -0.2) is 22.1 Å². The minimum Gasteiger partial charge on any atom is -0.462 e. The number of nitrogens with zero attached hydrogens (tertiary/aromatic N) is 2. The zero-order valence-corrected chi connectivity index (χ0v) is 8.49. The molecule has 0 radical (unpaired) electrons. The van der Waals surface area contributed by atoms with Crippen LogP contribution in [0.1, 0.15) is 11.5 Å². The van der Waals surface area contributed by atoms with Crippen LogP contribution in [0.2, 0.25) is 0 Å². The molecule has 0 atom stereocenters. The van der Waals surface area contributed by atoms with Crippen LogP contribution in [0.3, 0.4) is 0 Å². The van der Waals surface area contributed by atoms with Crippen molar-refractivity contribution in [1.82, 2.24) is 9.55 Å². The molecule has 0 fully saturated rings. The van der Waals surface area contributed by atoms with E-state index in [4.69, 9.17) is 4.74 Å². The highest BCUT2D eigenvalue weighted by Gasteiger charge is 2.03. The Hall–Kier alpha value is -1.58. The summed E-state index contributed by atoms with van der Waals surface area (Å²) in [7, 11) is 1.94. The van der Waals surface area contributed by atoms with Crippen LogP contribution in [0.15, 0.2) is 18.9 Å². The number of rotatable bonds is 4. The fourth-order valence-electron chi connectivity index (χ4n) is 1.08. The summed E-state index contributed by atoms with van der Waals surface area (Å²) in [6, 6.07) is 0. The van der Waals surface area contributed by atoms with E-state index < -0.39 is 5.97 Å². The maximum atomic E-state index is 10.7. The summed E-state index contributed by atoms with van der Waals surface area (Å²) in [5.74, 6) is 0.523. The van der Waals surface area contributed by atoms with Gasteiger partial charge in [-0.05, 0) is 6.92 Å². The number of carbonyl (C=O) groups excluding carboxylic acids is 1. The van der Waals surface area contributed by atoms with Gasteiger partial charge in [-0.15, -0.1) is 0 Å². The minimum atomic E-state index is -0.393. The normalized spacial score (nSPS) is 9.86. The first-order chi connectivity index (χ1) is 6.65. The predicted octanol–water partition coefficient (Wildman–Crippen LogP) is 1.00. The molecule has 0 unspecified atom stereocenters. The molecule has 4 heteroatoms. The highest BCUT2D eigenvalue weighted by Crippen LogP contribution is 2.01. The standard InChI is InChI=1S/C10H14N2O2/c1-4-10(13)14-6-5-9-11-7-8(2)12(9)3/h4,7H,1,5-6H2,2-3H3. The van der Waals surface area contributed by atoms with Gasteiger partial charge in [-0.1, -0.05) is 6.58 Å². The van der Waals surface area contributed by atoms with Crippen molar-refractivity contribution >= 4 is 5.97 Å². The number of ether oxygens (including phenoxy) is 1. The fourth-order valence-corrected chi connectivity index (χ4v) is 1.08. The maximum Gasteiger partial charge on any atom is 0.330 e. The lowest BCUT2D eigenvalue weighted by Crippen LogP contribution is -2.08. The number of aryl methyl sites for hydroxylation is 1. The molecule has 76 valence electrons. The number of hydrogen-bond donors (Lipinski definition) is 0. The fraction of sp³-hybridized carbons (Fsp3) is 0.400. The summed E-state index contributed by atoms with van der Waals surface area (Å²) in [5, 5.41) is 0. The Morgan fingerprint density at radius 2 is 2.50 bits per heavy atom. The molecular formula is C10H14N2O2. The van der Waals surface area contributed by atoms with Crippen molar-refractivity contribution in [2.24, 2.45) is 7.05 Å². The molecule has 0 saturated heterocycles. The summed E-state index contributed by atoms with van der Waals surface area (Å²) < 4.78 is 6.82. The smallest absolute Gasteiger partial charge is 0.330 e. The third-order valence-corrected chi connectivity index (χ3v) is 2.05. The number of aromatic nitrogens is 2. The van der Waals surface area contributed by atoms with Crippen molar-refractivity contribution in [3.63, 3.8) is 0 Å². The monoisotopic (exact) mass is 194 g/mol. The molecule has 14 heavy (non-hydrogen) atoms. The van der Waals surface area contributed by atoms with Gasteiger partial charge < -0.3 is 9.30 Å². The SMILES string of the molecule is C=CC(=O)OCCc1ncc(C)n1C. The summed E-state index contributed by atoms with van der Waals surface area (Å²) in [4.78, 5) is 14.9. The van der Waals surface area contributed by atoms with Gasteiger partial charge in [0.1, 0.15) is 5.82 Å². The van der Waals surface area contributed by atoms with Crippen LogP contribution in [-0.2, 0) is 23.0 Å². The van der Waals surface area contributed by atoms with E-state index in [9.17, 15) is 4.79 Å². The largest absolute Gasteiger partial charge is 0.462 e. The maximum absolute atomic E-state index is 10.7. The molecule has 1 aromatic heterocycles. The Morgan fingerprint density at radius 3 is 3.00 bits per heavy atom. The van der Waals surface area contributed by atoms with E-state index >= 15 is 0 Å². The van der Waals surface area contributed by atoms with Crippen LogP contribution in [0, 0.1) is 6.92 Å². The van der Waals surface area contributed by atoms with Crippen LogP contribution >= 0.6 is 0 Å². The zero-order chi connectivity index (χ0) is 10.6. The molecule has 0 aliphatic heterocycles. The zero-order valence-electron chi connectivity index (χ0n) is 8.49. The van der Waals surface area contributed by atoms with Crippen molar-refractivity contribution in [1.29, 1.82) is 0 Å². The molecule has 0 N–H and O–H groups in total. The van der Waals surface area contributed by atoms with E-state index in [2.05, 4.69) is 11.6 Å². The Morgan fingerprint density at radius 1 is 1.79 bits per heavy atom. The van der Waals surface area contributed by atoms with E-state index in [1.54, 1.807) is 6.20 Å². The Bertz CT molecular complexity index is 342. The van der Waals surface area contributed by atoms with Gasteiger partial charge in [0, 0.05) is 31.4 Å². The van der Waals surface area contributed by atoms with Crippen molar-refractivity contribution in [2.75, 3.05) is 6.61 Å². The lowest BCUT2D eigenvalue weighted by molar-refractivity contribution is -0.137. The van der Waals surface area contributed by atoms with Crippen molar-refractivity contribution in [3.05, 3.63) is 30.4 Å². The third-order valence-electron chi connectivity index (χ3n) is 2.05. The van der Waals surface area contributed by atoms with Crippen LogP contribution < -0.4 is 0 Å². The first-order valence-corrected chi connectivity index (χ1v) is 4.41. The molecule has 1 rings (SSSR count). The molecule has 0 saturated carbocycles. The molecule has 4 nitrogen and oxygen atoms in total. The lowest BCUT2D eigenvalue weighted by atomic mass is 10.4. The van der Waals surface area contributed by atoms with E-state index in [1.165, 1.54) is 0 Å². The van der Waals surface area contributed by atoms with Gasteiger partial charge in [0.2, 0.25) is 0 Å². The predicted molar refractivity (Wildman–Crippen MR) is 52.8 cm³/mol. The molecule has 1 aromatic rings. The summed E-state index contributed by atoms with van der Waals surface area (Å²) >= 11 is 0. The second-order valence-corrected chi connectivity index (χ2v) is 3.00. The average molecular weight is 194 g/mol. The third kappa shape index (κ3) is 2.45. The molecule has 0 amide bonds. The molecule has 0 aliphatic carbocycles. The summed E-state index contributed by atoms with van der Waals surface area (Å²) in [5.41, 5.74) is 1.09. The molecular weight excluding hydrogens is 180 g/mol. The number of carbonyl (C=O) groups is 1. The van der Waals surface area contributed by atoms with Gasteiger partial charge in [0.25, 0.3) is 0 Å². The second kappa shape index (κ2) is 4.60. The molecule has 0 spiro atoms. The average Bonchev–Trinajstić information content (AvgIpc) is 2.49. The van der Waals surface area contributed by atoms with Gasteiger partial charge >= 0.3 is 5.97 Å². The topological polar surface area (TPSA) is 44.1 Å². The van der Waals surface area contributed by atoms with Gasteiger partial charge in [0.15, 0.2) is 0 Å². The first-order valence-electron chi connectivity index (χ1n) is 4.41. The van der Waals surface area contributed by atoms with E-state index in [0.29, 0.717) is 13.0 Å². The molecule has 0 bridgehead atoms. The van der Waals surface area contributed by atoms with Crippen molar-refractivity contribution in [3.8, 4) is 0 Å². The number of esters is 1. The summed E-state index contributed by atoms with van der Waals surface area (Å²) in [6.45, 7) is 5.63. The Kier molecular flexibility index (Phi) is 3.45. The van der Waals surface area contributed by atoms with Gasteiger partial charge in [-0.25, -0.2) is 9.78 Å².